The maximum absolute atomic E-state index is 12.4. The van der Waals surface area contributed by atoms with E-state index in [1.807, 2.05) is 38.4 Å². The summed E-state index contributed by atoms with van der Waals surface area (Å²) in [6, 6.07) is 5.62. The van der Waals surface area contributed by atoms with Gasteiger partial charge in [0.2, 0.25) is 11.9 Å². The fraction of sp³-hybridized carbons (Fsp3) is 0.350. The average Bonchev–Trinajstić information content (AvgIpc) is 3.28. The van der Waals surface area contributed by atoms with Crippen molar-refractivity contribution in [2.45, 2.75) is 32.2 Å². The van der Waals surface area contributed by atoms with Gasteiger partial charge in [-0.25, -0.2) is 9.97 Å². The molecule has 1 atom stereocenters. The summed E-state index contributed by atoms with van der Waals surface area (Å²) in [5.41, 5.74) is 3.43. The molecule has 1 amide bonds. The summed E-state index contributed by atoms with van der Waals surface area (Å²) in [7, 11) is 1.86. The van der Waals surface area contributed by atoms with E-state index < -0.39 is 0 Å². The van der Waals surface area contributed by atoms with Crippen LogP contribution in [0, 0.1) is 6.92 Å². The number of rotatable bonds is 3. The van der Waals surface area contributed by atoms with Gasteiger partial charge in [0.05, 0.1) is 17.3 Å². The standard InChI is InChI=1S/C20H22N8O/c1-12-6-5-8-14-16(12)18-25-17(13-10-22-27(2)11-13)26-28(18)20(23-14)24-15-7-3-4-9-21-19(15)29/h5-6,8,10-11,15H,3-4,7,9H2,1-2H3,(H,21,29)(H,23,24)/t15-/m1/s1. The molecule has 9 heteroatoms. The van der Waals surface area contributed by atoms with Crippen molar-refractivity contribution >= 4 is 28.4 Å². The molecule has 3 aromatic heterocycles. The number of aryl methyl sites for hydroxylation is 2. The maximum atomic E-state index is 12.4. The molecule has 1 aromatic carbocycles. The van der Waals surface area contributed by atoms with E-state index in [9.17, 15) is 4.79 Å². The predicted molar refractivity (Wildman–Crippen MR) is 109 cm³/mol. The lowest BCUT2D eigenvalue weighted by atomic mass is 10.1. The zero-order valence-corrected chi connectivity index (χ0v) is 16.4. The topological polar surface area (TPSA) is 102 Å². The first-order valence-corrected chi connectivity index (χ1v) is 9.79. The highest BCUT2D eigenvalue weighted by Crippen LogP contribution is 2.27. The Bertz CT molecular complexity index is 1220. The van der Waals surface area contributed by atoms with Gasteiger partial charge in [-0.15, -0.1) is 5.10 Å². The number of aromatic nitrogens is 6. The first kappa shape index (κ1) is 17.6. The Morgan fingerprint density at radius 3 is 2.97 bits per heavy atom. The molecule has 29 heavy (non-hydrogen) atoms. The fourth-order valence-corrected chi connectivity index (χ4v) is 3.80. The van der Waals surface area contributed by atoms with E-state index in [2.05, 4.69) is 15.7 Å². The number of hydrogen-bond acceptors (Lipinski definition) is 6. The third-order valence-corrected chi connectivity index (χ3v) is 5.31. The highest BCUT2D eigenvalue weighted by atomic mass is 16.2. The lowest BCUT2D eigenvalue weighted by Crippen LogP contribution is -2.38. The fourth-order valence-electron chi connectivity index (χ4n) is 3.80. The molecule has 0 spiro atoms. The van der Waals surface area contributed by atoms with Crippen molar-refractivity contribution in [1.29, 1.82) is 0 Å². The van der Waals surface area contributed by atoms with Crippen LogP contribution in [-0.4, -0.2) is 47.9 Å². The number of amides is 1. The van der Waals surface area contributed by atoms with Crippen LogP contribution in [0.15, 0.2) is 30.6 Å². The van der Waals surface area contributed by atoms with Crippen molar-refractivity contribution in [2.24, 2.45) is 7.05 Å². The van der Waals surface area contributed by atoms with Gasteiger partial charge >= 0.3 is 0 Å². The molecule has 1 aliphatic rings. The molecule has 0 unspecified atom stereocenters. The molecule has 1 fully saturated rings. The second-order valence-electron chi connectivity index (χ2n) is 7.46. The minimum Gasteiger partial charge on any atom is -0.354 e. The Labute approximate surface area is 167 Å². The Morgan fingerprint density at radius 1 is 1.24 bits per heavy atom. The third-order valence-electron chi connectivity index (χ3n) is 5.31. The number of carbonyl (C=O) groups is 1. The summed E-state index contributed by atoms with van der Waals surface area (Å²) in [5.74, 6) is 1.08. The quantitative estimate of drug-likeness (QED) is 0.555. The van der Waals surface area contributed by atoms with Crippen LogP contribution in [0.3, 0.4) is 0 Å². The number of hydrogen-bond donors (Lipinski definition) is 2. The Kier molecular flexibility index (Phi) is 4.15. The second kappa shape index (κ2) is 6.84. The van der Waals surface area contributed by atoms with E-state index in [-0.39, 0.29) is 11.9 Å². The molecule has 5 rings (SSSR count). The van der Waals surface area contributed by atoms with E-state index in [0.29, 0.717) is 24.0 Å². The Morgan fingerprint density at radius 2 is 2.14 bits per heavy atom. The maximum Gasteiger partial charge on any atom is 0.242 e. The van der Waals surface area contributed by atoms with Gasteiger partial charge in [0.15, 0.2) is 11.5 Å². The van der Waals surface area contributed by atoms with E-state index in [4.69, 9.17) is 15.1 Å². The summed E-state index contributed by atoms with van der Waals surface area (Å²) < 4.78 is 3.42. The number of benzene rings is 1. The smallest absolute Gasteiger partial charge is 0.242 e. The molecule has 0 saturated carbocycles. The van der Waals surface area contributed by atoms with Crippen molar-refractivity contribution in [3.8, 4) is 11.4 Å². The van der Waals surface area contributed by atoms with Crippen LogP contribution in [0.25, 0.3) is 27.9 Å². The van der Waals surface area contributed by atoms with Crippen molar-refractivity contribution in [2.75, 3.05) is 11.9 Å². The molecule has 4 aromatic rings. The Balaban J connectivity index is 1.69. The predicted octanol–water partition coefficient (Wildman–Crippen LogP) is 2.07. The number of nitrogens with one attached hydrogen (secondary N) is 2. The Hall–Kier alpha value is -3.49. The van der Waals surface area contributed by atoms with E-state index in [1.165, 1.54) is 0 Å². The SMILES string of the molecule is Cc1cccc2nc(N[C@@H]3CCCCNC3=O)n3nc(-c4cnn(C)c4)nc3c12. The van der Waals surface area contributed by atoms with Crippen LogP contribution in [0.4, 0.5) is 5.95 Å². The lowest BCUT2D eigenvalue weighted by molar-refractivity contribution is -0.121. The summed E-state index contributed by atoms with van der Waals surface area (Å²) in [6.45, 7) is 2.75. The molecule has 148 valence electrons. The van der Waals surface area contributed by atoms with Gasteiger partial charge in [0, 0.05) is 25.2 Å². The molecule has 2 N–H and O–H groups in total. The van der Waals surface area contributed by atoms with Crippen molar-refractivity contribution in [3.63, 3.8) is 0 Å². The van der Waals surface area contributed by atoms with Crippen LogP contribution in [-0.2, 0) is 11.8 Å². The molecule has 0 aliphatic carbocycles. The number of nitrogens with zero attached hydrogens (tertiary/aromatic N) is 6. The highest BCUT2D eigenvalue weighted by molar-refractivity contribution is 5.96. The van der Waals surface area contributed by atoms with Gasteiger partial charge in [-0.2, -0.15) is 9.61 Å². The second-order valence-corrected chi connectivity index (χ2v) is 7.46. The molecular formula is C20H22N8O. The van der Waals surface area contributed by atoms with Gasteiger partial charge in [0.25, 0.3) is 0 Å². The van der Waals surface area contributed by atoms with Gasteiger partial charge in [-0.1, -0.05) is 12.1 Å². The normalized spacial score (nSPS) is 17.4. The van der Waals surface area contributed by atoms with Crippen molar-refractivity contribution < 1.29 is 4.79 Å². The minimum absolute atomic E-state index is 0.00520. The molecule has 4 heterocycles. The van der Waals surface area contributed by atoms with Gasteiger partial charge in [-0.05, 0) is 37.8 Å². The number of carbonyl (C=O) groups excluding carboxylic acids is 1. The zero-order valence-electron chi connectivity index (χ0n) is 16.4. The summed E-state index contributed by atoms with van der Waals surface area (Å²) in [4.78, 5) is 22.0. The minimum atomic E-state index is -0.346. The molecule has 0 bridgehead atoms. The first-order chi connectivity index (χ1) is 14.1. The van der Waals surface area contributed by atoms with E-state index in [0.717, 1.165) is 41.3 Å². The summed E-state index contributed by atoms with van der Waals surface area (Å²) in [6.07, 6.45) is 6.33. The van der Waals surface area contributed by atoms with Gasteiger partial charge < -0.3 is 10.6 Å². The van der Waals surface area contributed by atoms with Gasteiger partial charge in [-0.3, -0.25) is 9.48 Å². The third kappa shape index (κ3) is 3.08. The van der Waals surface area contributed by atoms with Crippen LogP contribution < -0.4 is 10.6 Å². The average molecular weight is 390 g/mol. The van der Waals surface area contributed by atoms with E-state index >= 15 is 0 Å². The van der Waals surface area contributed by atoms with E-state index in [1.54, 1.807) is 15.4 Å². The highest BCUT2D eigenvalue weighted by Gasteiger charge is 2.24. The van der Waals surface area contributed by atoms with Crippen LogP contribution in [0.1, 0.15) is 24.8 Å². The van der Waals surface area contributed by atoms with Crippen molar-refractivity contribution in [3.05, 3.63) is 36.2 Å². The summed E-state index contributed by atoms with van der Waals surface area (Å²) >= 11 is 0. The summed E-state index contributed by atoms with van der Waals surface area (Å²) in [5, 5.41) is 16.1. The van der Waals surface area contributed by atoms with Crippen LogP contribution in [0.2, 0.25) is 0 Å². The van der Waals surface area contributed by atoms with Crippen molar-refractivity contribution in [1.82, 2.24) is 34.7 Å². The molecule has 1 saturated heterocycles. The molecule has 9 nitrogen and oxygen atoms in total. The molecule has 1 aliphatic heterocycles. The monoisotopic (exact) mass is 390 g/mol. The zero-order chi connectivity index (χ0) is 20.0. The largest absolute Gasteiger partial charge is 0.354 e. The lowest BCUT2D eigenvalue weighted by Gasteiger charge is -2.17. The van der Waals surface area contributed by atoms with Crippen LogP contribution >= 0.6 is 0 Å². The number of fused-ring (bicyclic) bond motifs is 3. The first-order valence-electron chi connectivity index (χ1n) is 9.79. The molecular weight excluding hydrogens is 368 g/mol. The number of anilines is 1. The molecule has 0 radical (unpaired) electrons. The van der Waals surface area contributed by atoms with Gasteiger partial charge in [0.1, 0.15) is 6.04 Å². The van der Waals surface area contributed by atoms with Crippen LogP contribution in [0.5, 0.6) is 0 Å².